The lowest BCUT2D eigenvalue weighted by Gasteiger charge is -2.33. The molecule has 19 heavy (non-hydrogen) atoms. The average molecular weight is 280 g/mol. The summed E-state index contributed by atoms with van der Waals surface area (Å²) in [4.78, 5) is 12.4. The number of benzene rings is 1. The number of fused-ring (bicyclic) bond motifs is 1. The second-order valence-corrected chi connectivity index (χ2v) is 5.05. The first kappa shape index (κ1) is 14.0. The summed E-state index contributed by atoms with van der Waals surface area (Å²) in [7, 11) is 1.75. The van der Waals surface area contributed by atoms with Gasteiger partial charge < -0.3 is 5.32 Å². The van der Waals surface area contributed by atoms with Crippen molar-refractivity contribution in [1.82, 2.24) is 10.3 Å². The molecule has 1 atom stereocenters. The van der Waals surface area contributed by atoms with Gasteiger partial charge in [-0.15, -0.1) is 12.4 Å². The zero-order chi connectivity index (χ0) is 12.6. The molecule has 1 aromatic rings. The van der Waals surface area contributed by atoms with E-state index in [0.29, 0.717) is 6.54 Å². The van der Waals surface area contributed by atoms with Crippen molar-refractivity contribution in [2.45, 2.75) is 12.8 Å². The summed E-state index contributed by atoms with van der Waals surface area (Å²) in [5.74, 6) is 0.119. The van der Waals surface area contributed by atoms with E-state index in [1.807, 2.05) is 18.2 Å². The van der Waals surface area contributed by atoms with Crippen LogP contribution in [-0.2, 0) is 11.2 Å². The molecule has 1 N–H and O–H groups in total. The fourth-order valence-electron chi connectivity index (χ4n) is 2.92. The highest BCUT2D eigenvalue weighted by Gasteiger charge is 2.50. The van der Waals surface area contributed by atoms with Gasteiger partial charge in [-0.25, -0.2) is 5.01 Å². The van der Waals surface area contributed by atoms with E-state index in [1.165, 1.54) is 10.6 Å². The molecule has 0 bridgehead atoms. The van der Waals surface area contributed by atoms with Crippen LogP contribution in [0.2, 0.25) is 0 Å². The number of piperidine rings is 1. The van der Waals surface area contributed by atoms with Gasteiger partial charge >= 0.3 is 0 Å². The summed E-state index contributed by atoms with van der Waals surface area (Å²) in [5.41, 5.74) is 1.78. The van der Waals surface area contributed by atoms with E-state index in [0.717, 1.165) is 25.1 Å². The summed E-state index contributed by atoms with van der Waals surface area (Å²) in [5, 5.41) is 9.27. The maximum Gasteiger partial charge on any atom is 0.256 e. The van der Waals surface area contributed by atoms with Gasteiger partial charge in [-0.2, -0.15) is 5.10 Å². The summed E-state index contributed by atoms with van der Waals surface area (Å²) in [6, 6.07) is 10.2. The molecule has 2 heterocycles. The average Bonchev–Trinajstić information content (AvgIpc) is 2.64. The van der Waals surface area contributed by atoms with E-state index in [2.05, 4.69) is 22.6 Å². The van der Waals surface area contributed by atoms with Gasteiger partial charge in [-0.05, 0) is 12.0 Å². The monoisotopic (exact) mass is 279 g/mol. The van der Waals surface area contributed by atoms with Crippen LogP contribution >= 0.6 is 12.4 Å². The Labute approximate surface area is 119 Å². The fourth-order valence-corrected chi connectivity index (χ4v) is 2.92. The summed E-state index contributed by atoms with van der Waals surface area (Å²) < 4.78 is 0. The Morgan fingerprint density at radius 2 is 2.11 bits per heavy atom. The van der Waals surface area contributed by atoms with E-state index in [1.54, 1.807) is 7.05 Å². The standard InChI is InChI=1S/C14H17N3O.ClH/c1-17-13(18)14(9-11-5-3-2-4-6-11)10-15-8-7-12(14)16-17;/h2-6,15H,7-10H2,1H3;1H. The van der Waals surface area contributed by atoms with Crippen molar-refractivity contribution in [3.63, 3.8) is 0 Å². The van der Waals surface area contributed by atoms with Crippen molar-refractivity contribution in [3.05, 3.63) is 35.9 Å². The van der Waals surface area contributed by atoms with Gasteiger partial charge in [0.05, 0.1) is 5.71 Å². The van der Waals surface area contributed by atoms with Crippen molar-refractivity contribution in [3.8, 4) is 0 Å². The zero-order valence-electron chi connectivity index (χ0n) is 10.9. The number of rotatable bonds is 2. The number of hydrazone groups is 1. The highest BCUT2D eigenvalue weighted by atomic mass is 35.5. The van der Waals surface area contributed by atoms with Crippen LogP contribution in [0.5, 0.6) is 0 Å². The lowest BCUT2D eigenvalue weighted by Crippen LogP contribution is -2.52. The molecular weight excluding hydrogens is 262 g/mol. The van der Waals surface area contributed by atoms with Crippen LogP contribution in [0, 0.1) is 5.41 Å². The second-order valence-electron chi connectivity index (χ2n) is 5.05. The van der Waals surface area contributed by atoms with E-state index >= 15 is 0 Å². The lowest BCUT2D eigenvalue weighted by molar-refractivity contribution is -0.134. The molecule has 5 heteroatoms. The Morgan fingerprint density at radius 1 is 1.37 bits per heavy atom. The Hall–Kier alpha value is -1.39. The Morgan fingerprint density at radius 3 is 2.84 bits per heavy atom. The molecule has 1 amide bonds. The predicted molar refractivity (Wildman–Crippen MR) is 77.5 cm³/mol. The number of halogens is 1. The number of hydrogen-bond acceptors (Lipinski definition) is 3. The van der Waals surface area contributed by atoms with Crippen molar-refractivity contribution in [1.29, 1.82) is 0 Å². The Kier molecular flexibility index (Phi) is 3.92. The van der Waals surface area contributed by atoms with Crippen LogP contribution in [0.4, 0.5) is 0 Å². The summed E-state index contributed by atoms with van der Waals surface area (Å²) >= 11 is 0. The number of nitrogens with zero attached hydrogens (tertiary/aromatic N) is 2. The number of nitrogens with one attached hydrogen (secondary N) is 1. The third-order valence-electron chi connectivity index (χ3n) is 3.84. The molecule has 1 unspecified atom stereocenters. The van der Waals surface area contributed by atoms with Gasteiger partial charge in [-0.1, -0.05) is 30.3 Å². The van der Waals surface area contributed by atoms with Crippen molar-refractivity contribution < 1.29 is 4.79 Å². The SMILES string of the molecule is CN1N=C2CCNCC2(Cc2ccccc2)C1=O.Cl. The largest absolute Gasteiger partial charge is 0.315 e. The highest BCUT2D eigenvalue weighted by Crippen LogP contribution is 2.35. The minimum Gasteiger partial charge on any atom is -0.315 e. The van der Waals surface area contributed by atoms with Gasteiger partial charge in [-0.3, -0.25) is 4.79 Å². The smallest absolute Gasteiger partial charge is 0.256 e. The second kappa shape index (κ2) is 5.31. The maximum atomic E-state index is 12.4. The predicted octanol–water partition coefficient (Wildman–Crippen LogP) is 1.46. The lowest BCUT2D eigenvalue weighted by atomic mass is 9.74. The number of carbonyl (C=O) groups is 1. The quantitative estimate of drug-likeness (QED) is 0.891. The molecule has 2 aliphatic heterocycles. The zero-order valence-corrected chi connectivity index (χ0v) is 11.7. The van der Waals surface area contributed by atoms with E-state index in [9.17, 15) is 4.79 Å². The topological polar surface area (TPSA) is 44.7 Å². The number of carbonyl (C=O) groups excluding carboxylic acids is 1. The van der Waals surface area contributed by atoms with Crippen molar-refractivity contribution >= 4 is 24.0 Å². The molecule has 0 aromatic heterocycles. The maximum absolute atomic E-state index is 12.4. The van der Waals surface area contributed by atoms with Crippen molar-refractivity contribution in [2.75, 3.05) is 20.1 Å². The van der Waals surface area contributed by atoms with Crippen LogP contribution in [0.25, 0.3) is 0 Å². The van der Waals surface area contributed by atoms with Crippen LogP contribution < -0.4 is 5.32 Å². The third-order valence-corrected chi connectivity index (χ3v) is 3.84. The molecule has 0 saturated carbocycles. The van der Waals surface area contributed by atoms with Crippen LogP contribution in [0.15, 0.2) is 35.4 Å². The molecule has 0 aliphatic carbocycles. The van der Waals surface area contributed by atoms with Gasteiger partial charge in [0.15, 0.2) is 0 Å². The molecule has 0 radical (unpaired) electrons. The van der Waals surface area contributed by atoms with Crippen molar-refractivity contribution in [2.24, 2.45) is 10.5 Å². The molecule has 0 spiro atoms. The van der Waals surface area contributed by atoms with E-state index in [4.69, 9.17) is 0 Å². The van der Waals surface area contributed by atoms with Gasteiger partial charge in [0.2, 0.25) is 0 Å². The Balaban J connectivity index is 0.00000133. The first-order chi connectivity index (χ1) is 8.72. The van der Waals surface area contributed by atoms with E-state index in [-0.39, 0.29) is 18.3 Å². The molecule has 1 saturated heterocycles. The van der Waals surface area contributed by atoms with Gasteiger partial charge in [0.25, 0.3) is 5.91 Å². The molecule has 1 aromatic carbocycles. The molecule has 3 rings (SSSR count). The third kappa shape index (κ3) is 2.26. The van der Waals surface area contributed by atoms with Crippen LogP contribution in [0.3, 0.4) is 0 Å². The summed E-state index contributed by atoms with van der Waals surface area (Å²) in [6.45, 7) is 1.61. The molecule has 2 aliphatic rings. The molecule has 1 fully saturated rings. The summed E-state index contributed by atoms with van der Waals surface area (Å²) in [6.07, 6.45) is 1.60. The minimum atomic E-state index is -0.450. The first-order valence-electron chi connectivity index (χ1n) is 6.33. The van der Waals surface area contributed by atoms with Crippen LogP contribution in [-0.4, -0.2) is 36.8 Å². The van der Waals surface area contributed by atoms with Gasteiger partial charge in [0, 0.05) is 26.6 Å². The molecular formula is C14H18ClN3O. The van der Waals surface area contributed by atoms with Crippen LogP contribution in [0.1, 0.15) is 12.0 Å². The normalized spacial score (nSPS) is 25.6. The molecule has 102 valence electrons. The highest BCUT2D eigenvalue weighted by molar-refractivity contribution is 6.13. The number of amides is 1. The van der Waals surface area contributed by atoms with E-state index < -0.39 is 5.41 Å². The minimum absolute atomic E-state index is 0. The first-order valence-corrected chi connectivity index (χ1v) is 6.33. The Bertz CT molecular complexity index is 503. The number of hydrogen-bond donors (Lipinski definition) is 1. The fraction of sp³-hybridized carbons (Fsp3) is 0.429. The molecule has 4 nitrogen and oxygen atoms in total. The van der Waals surface area contributed by atoms with Gasteiger partial charge in [0.1, 0.15) is 5.41 Å².